The summed E-state index contributed by atoms with van der Waals surface area (Å²) in [6.45, 7) is 0.749. The molecular weight excluding hydrogens is 495 g/mol. The van der Waals surface area contributed by atoms with Crippen molar-refractivity contribution in [1.29, 1.82) is 0 Å². The molecule has 3 rings (SSSR count). The van der Waals surface area contributed by atoms with E-state index < -0.39 is 0 Å². The highest BCUT2D eigenvalue weighted by Gasteiger charge is 2.11. The molecule has 0 aliphatic rings. The molecule has 0 unspecified atom stereocenters. The van der Waals surface area contributed by atoms with Crippen LogP contribution in [0.1, 0.15) is 11.1 Å². The molecule has 2 amide bonds. The Labute approximate surface area is 202 Å². The summed E-state index contributed by atoms with van der Waals surface area (Å²) in [6, 6.07) is 14.8. The molecule has 162 valence electrons. The molecule has 0 atom stereocenters. The Morgan fingerprint density at radius 1 is 0.774 bits per heavy atom. The summed E-state index contributed by atoms with van der Waals surface area (Å²) in [5, 5.41) is 15.0. The summed E-state index contributed by atoms with van der Waals surface area (Å²) in [6.07, 6.45) is 0. The van der Waals surface area contributed by atoms with E-state index in [0.717, 1.165) is 11.1 Å². The smallest absolute Gasteiger partial charge is 0.230 e. The minimum Gasteiger partial charge on any atom is -0.351 e. The molecule has 0 aliphatic carbocycles. The van der Waals surface area contributed by atoms with E-state index in [-0.39, 0.29) is 23.3 Å². The fourth-order valence-electron chi connectivity index (χ4n) is 2.34. The van der Waals surface area contributed by atoms with E-state index in [4.69, 9.17) is 23.2 Å². The fraction of sp³-hybridized carbons (Fsp3) is 0.200. The maximum atomic E-state index is 12.0. The summed E-state index contributed by atoms with van der Waals surface area (Å²) in [4.78, 5) is 24.1. The highest BCUT2D eigenvalue weighted by atomic mass is 35.5. The molecule has 3 aromatic rings. The Morgan fingerprint density at radius 2 is 1.19 bits per heavy atom. The van der Waals surface area contributed by atoms with Crippen molar-refractivity contribution in [3.8, 4) is 0 Å². The Kier molecular flexibility index (Phi) is 9.48. The first kappa shape index (κ1) is 23.9. The number of benzene rings is 2. The Hall–Kier alpha value is -1.78. The van der Waals surface area contributed by atoms with Crippen molar-refractivity contribution in [2.75, 3.05) is 11.5 Å². The van der Waals surface area contributed by atoms with Crippen molar-refractivity contribution >= 4 is 69.9 Å². The van der Waals surface area contributed by atoms with Crippen LogP contribution >= 0.6 is 58.1 Å². The first-order chi connectivity index (χ1) is 15.0. The Balaban J connectivity index is 1.36. The van der Waals surface area contributed by atoms with Crippen molar-refractivity contribution in [1.82, 2.24) is 20.8 Å². The van der Waals surface area contributed by atoms with Crippen LogP contribution in [0.3, 0.4) is 0 Å². The van der Waals surface area contributed by atoms with E-state index in [1.807, 2.05) is 36.4 Å². The number of nitrogens with one attached hydrogen (secondary N) is 2. The molecule has 0 aliphatic heterocycles. The lowest BCUT2D eigenvalue weighted by Crippen LogP contribution is -2.24. The van der Waals surface area contributed by atoms with Crippen LogP contribution in [0.25, 0.3) is 0 Å². The van der Waals surface area contributed by atoms with Gasteiger partial charge in [-0.2, -0.15) is 0 Å². The van der Waals surface area contributed by atoms with Crippen LogP contribution < -0.4 is 10.6 Å². The predicted octanol–water partition coefficient (Wildman–Crippen LogP) is 4.66. The number of aromatic nitrogens is 2. The van der Waals surface area contributed by atoms with Gasteiger partial charge in [-0.1, -0.05) is 94.5 Å². The lowest BCUT2D eigenvalue weighted by Gasteiger charge is -2.06. The van der Waals surface area contributed by atoms with Crippen molar-refractivity contribution in [2.24, 2.45) is 0 Å². The largest absolute Gasteiger partial charge is 0.351 e. The lowest BCUT2D eigenvalue weighted by molar-refractivity contribution is -0.119. The standard InChI is InChI=1S/C20H18Cl2N4O2S3/c21-15-7-3-1-5-13(15)9-23-17(27)11-29-19-25-26-20(31-19)30-12-18(28)24-10-14-6-2-4-8-16(14)22/h1-8H,9-12H2,(H,23,27)(H,24,28). The number of hydrogen-bond donors (Lipinski definition) is 2. The molecular formula is C20H18Cl2N4O2S3. The number of nitrogens with zero attached hydrogens (tertiary/aromatic N) is 2. The quantitative estimate of drug-likeness (QED) is 0.384. The molecule has 0 radical (unpaired) electrons. The molecule has 6 nitrogen and oxygen atoms in total. The second kappa shape index (κ2) is 12.3. The van der Waals surface area contributed by atoms with Gasteiger partial charge in [0.1, 0.15) is 0 Å². The highest BCUT2D eigenvalue weighted by Crippen LogP contribution is 2.28. The van der Waals surface area contributed by atoms with Gasteiger partial charge in [0.25, 0.3) is 0 Å². The van der Waals surface area contributed by atoms with Crippen LogP contribution in [0.15, 0.2) is 57.2 Å². The van der Waals surface area contributed by atoms with E-state index in [9.17, 15) is 9.59 Å². The SMILES string of the molecule is O=C(CSc1nnc(SCC(=O)NCc2ccccc2Cl)s1)NCc1ccccc1Cl. The second-order valence-corrected chi connectivity index (χ2v) is 10.4. The number of hydrogen-bond acceptors (Lipinski definition) is 7. The van der Waals surface area contributed by atoms with Gasteiger partial charge >= 0.3 is 0 Å². The second-order valence-electron chi connectivity index (χ2n) is 6.15. The number of rotatable bonds is 10. The number of thioether (sulfide) groups is 2. The normalized spacial score (nSPS) is 10.6. The molecule has 2 aromatic carbocycles. The maximum absolute atomic E-state index is 12.0. The van der Waals surface area contributed by atoms with Crippen molar-refractivity contribution in [3.05, 3.63) is 69.7 Å². The zero-order chi connectivity index (χ0) is 22.1. The third kappa shape index (κ3) is 8.01. The van der Waals surface area contributed by atoms with E-state index in [2.05, 4.69) is 20.8 Å². The summed E-state index contributed by atoms with van der Waals surface area (Å²) in [7, 11) is 0. The molecule has 11 heteroatoms. The van der Waals surface area contributed by atoms with E-state index in [0.29, 0.717) is 31.8 Å². The topological polar surface area (TPSA) is 84.0 Å². The number of carbonyl (C=O) groups is 2. The minimum absolute atomic E-state index is 0.117. The average Bonchev–Trinajstić information content (AvgIpc) is 3.23. The first-order valence-corrected chi connectivity index (χ1v) is 12.6. The van der Waals surface area contributed by atoms with Crippen LogP contribution in [0, 0.1) is 0 Å². The Bertz CT molecular complexity index is 969. The number of amides is 2. The summed E-state index contributed by atoms with van der Waals surface area (Å²) < 4.78 is 1.35. The zero-order valence-corrected chi connectivity index (χ0v) is 20.1. The average molecular weight is 513 g/mol. The highest BCUT2D eigenvalue weighted by molar-refractivity contribution is 8.03. The van der Waals surface area contributed by atoms with E-state index in [1.165, 1.54) is 34.9 Å². The van der Waals surface area contributed by atoms with Crippen LogP contribution in [0.4, 0.5) is 0 Å². The molecule has 1 aromatic heterocycles. The van der Waals surface area contributed by atoms with E-state index in [1.54, 1.807) is 12.1 Å². The van der Waals surface area contributed by atoms with Crippen LogP contribution in [-0.4, -0.2) is 33.5 Å². The predicted molar refractivity (Wildman–Crippen MR) is 128 cm³/mol. The Morgan fingerprint density at radius 3 is 1.61 bits per heavy atom. The van der Waals surface area contributed by atoms with Gasteiger partial charge in [-0.05, 0) is 23.3 Å². The van der Waals surface area contributed by atoms with Crippen LogP contribution in [0.5, 0.6) is 0 Å². The number of halogens is 2. The third-order valence-electron chi connectivity index (χ3n) is 3.91. The van der Waals surface area contributed by atoms with Crippen molar-refractivity contribution in [3.63, 3.8) is 0 Å². The third-order valence-corrected chi connectivity index (χ3v) is 7.84. The van der Waals surface area contributed by atoms with Gasteiger partial charge in [-0.15, -0.1) is 10.2 Å². The minimum atomic E-state index is -0.117. The lowest BCUT2D eigenvalue weighted by atomic mass is 10.2. The van der Waals surface area contributed by atoms with Gasteiger partial charge < -0.3 is 10.6 Å². The molecule has 31 heavy (non-hydrogen) atoms. The molecule has 2 N–H and O–H groups in total. The maximum Gasteiger partial charge on any atom is 0.230 e. The number of carbonyl (C=O) groups excluding carboxylic acids is 2. The summed E-state index contributed by atoms with van der Waals surface area (Å²) in [5.74, 6) is 0.214. The molecule has 0 bridgehead atoms. The zero-order valence-electron chi connectivity index (χ0n) is 16.1. The van der Waals surface area contributed by atoms with Gasteiger partial charge in [-0.3, -0.25) is 9.59 Å². The molecule has 0 saturated carbocycles. The molecule has 1 heterocycles. The van der Waals surface area contributed by atoms with Gasteiger partial charge in [0, 0.05) is 23.1 Å². The van der Waals surface area contributed by atoms with Gasteiger partial charge in [0.2, 0.25) is 11.8 Å². The summed E-state index contributed by atoms with van der Waals surface area (Å²) in [5.41, 5.74) is 1.73. The van der Waals surface area contributed by atoms with Crippen molar-refractivity contribution < 1.29 is 9.59 Å². The monoisotopic (exact) mass is 512 g/mol. The van der Waals surface area contributed by atoms with Gasteiger partial charge in [0.15, 0.2) is 8.68 Å². The van der Waals surface area contributed by atoms with Crippen LogP contribution in [-0.2, 0) is 22.7 Å². The molecule has 0 fully saturated rings. The fourth-order valence-corrected chi connectivity index (χ4v) is 5.43. The molecule has 0 saturated heterocycles. The molecule has 0 spiro atoms. The van der Waals surface area contributed by atoms with Crippen LogP contribution in [0.2, 0.25) is 10.0 Å². The first-order valence-electron chi connectivity index (χ1n) is 9.10. The van der Waals surface area contributed by atoms with Gasteiger partial charge in [-0.25, -0.2) is 0 Å². The van der Waals surface area contributed by atoms with Crippen molar-refractivity contribution in [2.45, 2.75) is 21.8 Å². The van der Waals surface area contributed by atoms with Gasteiger partial charge in [0.05, 0.1) is 11.5 Å². The van der Waals surface area contributed by atoms with E-state index >= 15 is 0 Å². The summed E-state index contributed by atoms with van der Waals surface area (Å²) >= 11 is 16.1.